The van der Waals surface area contributed by atoms with Gasteiger partial charge < -0.3 is 24.2 Å². The number of aromatic nitrogens is 1. The van der Waals surface area contributed by atoms with Crippen LogP contribution >= 0.6 is 0 Å². The Kier molecular flexibility index (Phi) is 7.52. The zero-order valence-corrected chi connectivity index (χ0v) is 20.6. The highest BCUT2D eigenvalue weighted by atomic mass is 16.5. The number of benzene rings is 2. The van der Waals surface area contributed by atoms with Crippen LogP contribution in [0.1, 0.15) is 40.0 Å². The number of carbonyl (C=O) groups is 3. The normalized spacial score (nSPS) is 16.5. The molecule has 2 aromatic carbocycles. The van der Waals surface area contributed by atoms with Gasteiger partial charge >= 0.3 is 5.97 Å². The van der Waals surface area contributed by atoms with Gasteiger partial charge in [0.15, 0.2) is 0 Å². The van der Waals surface area contributed by atoms with Crippen LogP contribution in [-0.2, 0) is 20.9 Å². The number of Topliss-reactive ketones (excluding diaryl/α,β-unsaturated/α-hetero) is 1. The van der Waals surface area contributed by atoms with E-state index >= 15 is 0 Å². The van der Waals surface area contributed by atoms with E-state index in [1.165, 1.54) is 19.1 Å². The van der Waals surface area contributed by atoms with Crippen LogP contribution in [0.15, 0.2) is 72.6 Å². The summed E-state index contributed by atoms with van der Waals surface area (Å²) in [5, 5.41) is 11.3. The monoisotopic (exact) mass is 502 g/mol. The molecule has 1 atom stereocenters. The number of aliphatic hydroxyl groups is 1. The summed E-state index contributed by atoms with van der Waals surface area (Å²) < 4.78 is 15.6. The molecule has 1 aliphatic rings. The molecule has 9 nitrogen and oxygen atoms in total. The van der Waals surface area contributed by atoms with Gasteiger partial charge in [-0.1, -0.05) is 12.1 Å². The molecule has 190 valence electrons. The molecule has 2 heterocycles. The molecule has 1 fully saturated rings. The summed E-state index contributed by atoms with van der Waals surface area (Å²) in [6.07, 6.45) is 3.11. The third-order valence-electron chi connectivity index (χ3n) is 6.04. The zero-order chi connectivity index (χ0) is 26.5. The van der Waals surface area contributed by atoms with Crippen molar-refractivity contribution in [1.29, 1.82) is 0 Å². The first-order chi connectivity index (χ1) is 17.9. The van der Waals surface area contributed by atoms with Gasteiger partial charge in [-0.25, -0.2) is 4.79 Å². The maximum atomic E-state index is 13.3. The van der Waals surface area contributed by atoms with Crippen molar-refractivity contribution >= 4 is 23.4 Å². The second kappa shape index (κ2) is 10.9. The Bertz CT molecular complexity index is 1350. The molecule has 0 spiro atoms. The Morgan fingerprint density at radius 1 is 1.00 bits per heavy atom. The van der Waals surface area contributed by atoms with E-state index in [4.69, 9.17) is 14.2 Å². The quantitative estimate of drug-likeness (QED) is 0.213. The molecule has 1 N–H and O–H groups in total. The Labute approximate surface area is 213 Å². The van der Waals surface area contributed by atoms with E-state index in [1.807, 2.05) is 0 Å². The van der Waals surface area contributed by atoms with E-state index in [0.29, 0.717) is 22.4 Å². The van der Waals surface area contributed by atoms with Crippen LogP contribution in [0.25, 0.3) is 5.76 Å². The number of ketones is 1. The first kappa shape index (κ1) is 25.4. The second-order valence-corrected chi connectivity index (χ2v) is 8.19. The van der Waals surface area contributed by atoms with E-state index in [1.54, 1.807) is 73.9 Å². The summed E-state index contributed by atoms with van der Waals surface area (Å²) in [4.78, 5) is 43.9. The lowest BCUT2D eigenvalue weighted by Crippen LogP contribution is -2.29. The van der Waals surface area contributed by atoms with Crippen LogP contribution in [0.2, 0.25) is 0 Å². The van der Waals surface area contributed by atoms with Crippen LogP contribution in [0.3, 0.4) is 0 Å². The van der Waals surface area contributed by atoms with E-state index < -0.39 is 23.7 Å². The first-order valence-corrected chi connectivity index (χ1v) is 11.6. The van der Waals surface area contributed by atoms with Gasteiger partial charge in [0.05, 0.1) is 43.6 Å². The molecule has 1 aromatic heterocycles. The maximum Gasteiger partial charge on any atom is 0.338 e. The number of ether oxygens (including phenoxy) is 3. The number of methoxy groups -OCH3 is 2. The number of amides is 1. The van der Waals surface area contributed by atoms with Gasteiger partial charge in [0, 0.05) is 25.0 Å². The molecule has 4 rings (SSSR count). The second-order valence-electron chi connectivity index (χ2n) is 8.19. The number of pyridine rings is 1. The van der Waals surface area contributed by atoms with Crippen molar-refractivity contribution in [2.24, 2.45) is 0 Å². The number of hydrogen-bond donors (Lipinski definition) is 1. The number of likely N-dealkylation sites (tertiary alicyclic amines) is 1. The summed E-state index contributed by atoms with van der Waals surface area (Å²) in [7, 11) is 2.94. The van der Waals surface area contributed by atoms with Crippen molar-refractivity contribution in [3.8, 4) is 11.5 Å². The molecule has 37 heavy (non-hydrogen) atoms. The lowest BCUT2D eigenvalue weighted by molar-refractivity contribution is -0.140. The fourth-order valence-corrected chi connectivity index (χ4v) is 4.23. The van der Waals surface area contributed by atoms with Gasteiger partial charge in [0.2, 0.25) is 0 Å². The molecular weight excluding hydrogens is 476 g/mol. The fraction of sp³-hybridized carbons (Fsp3) is 0.214. The lowest BCUT2D eigenvalue weighted by Gasteiger charge is -2.25. The van der Waals surface area contributed by atoms with Crippen molar-refractivity contribution in [1.82, 2.24) is 9.88 Å². The molecule has 0 bridgehead atoms. The predicted molar refractivity (Wildman–Crippen MR) is 134 cm³/mol. The Balaban J connectivity index is 1.78. The average molecular weight is 503 g/mol. The van der Waals surface area contributed by atoms with Crippen molar-refractivity contribution in [2.45, 2.75) is 19.5 Å². The SMILES string of the molecule is CCOC(=O)c1ccc(CN2C(=O)C(=O)/C(=C(\O)c3ccc(OC)cc3OC)C2c2ccncc2)cc1. The van der Waals surface area contributed by atoms with Crippen molar-refractivity contribution in [2.75, 3.05) is 20.8 Å². The smallest absolute Gasteiger partial charge is 0.338 e. The highest BCUT2D eigenvalue weighted by molar-refractivity contribution is 6.46. The minimum absolute atomic E-state index is 0.0667. The highest BCUT2D eigenvalue weighted by Gasteiger charge is 2.46. The first-order valence-electron chi connectivity index (χ1n) is 11.6. The summed E-state index contributed by atoms with van der Waals surface area (Å²) >= 11 is 0. The van der Waals surface area contributed by atoms with Crippen molar-refractivity contribution in [3.05, 3.63) is 94.8 Å². The number of aliphatic hydroxyl groups excluding tert-OH is 1. The summed E-state index contributed by atoms with van der Waals surface area (Å²) in [5.41, 5.74) is 1.86. The Morgan fingerprint density at radius 3 is 2.32 bits per heavy atom. The van der Waals surface area contributed by atoms with E-state index in [2.05, 4.69) is 4.98 Å². The minimum atomic E-state index is -0.875. The molecule has 1 saturated heterocycles. The summed E-state index contributed by atoms with van der Waals surface area (Å²) in [6.45, 7) is 2.05. The maximum absolute atomic E-state index is 13.3. The number of nitrogens with zero attached hydrogens (tertiary/aromatic N) is 2. The summed E-state index contributed by atoms with van der Waals surface area (Å²) in [5.74, 6) is -1.60. The zero-order valence-electron chi connectivity index (χ0n) is 20.6. The molecule has 3 aromatic rings. The topological polar surface area (TPSA) is 115 Å². The largest absolute Gasteiger partial charge is 0.507 e. The third kappa shape index (κ3) is 5.02. The van der Waals surface area contributed by atoms with Gasteiger partial charge in [-0.2, -0.15) is 0 Å². The molecule has 1 aliphatic heterocycles. The van der Waals surface area contributed by atoms with Crippen LogP contribution in [0, 0.1) is 0 Å². The number of hydrogen-bond acceptors (Lipinski definition) is 8. The Hall–Kier alpha value is -4.66. The summed E-state index contributed by atoms with van der Waals surface area (Å²) in [6, 6.07) is 13.9. The Morgan fingerprint density at radius 2 is 1.70 bits per heavy atom. The van der Waals surface area contributed by atoms with Gasteiger partial charge in [-0.15, -0.1) is 0 Å². The predicted octanol–water partition coefficient (Wildman–Crippen LogP) is 3.90. The third-order valence-corrected chi connectivity index (χ3v) is 6.04. The highest BCUT2D eigenvalue weighted by Crippen LogP contribution is 2.42. The lowest BCUT2D eigenvalue weighted by atomic mass is 9.95. The minimum Gasteiger partial charge on any atom is -0.507 e. The van der Waals surface area contributed by atoms with Gasteiger partial charge in [-0.05, 0) is 54.4 Å². The molecule has 0 saturated carbocycles. The molecular formula is C28H26N2O7. The van der Waals surface area contributed by atoms with Gasteiger partial charge in [0.1, 0.15) is 17.3 Å². The van der Waals surface area contributed by atoms with Crippen molar-refractivity contribution in [3.63, 3.8) is 0 Å². The molecule has 0 aliphatic carbocycles. The number of rotatable bonds is 8. The van der Waals surface area contributed by atoms with Crippen LogP contribution in [0.5, 0.6) is 11.5 Å². The van der Waals surface area contributed by atoms with E-state index in [0.717, 1.165) is 0 Å². The number of carbonyl (C=O) groups excluding carboxylic acids is 3. The van der Waals surface area contributed by atoms with Gasteiger partial charge in [-0.3, -0.25) is 14.6 Å². The number of esters is 1. The van der Waals surface area contributed by atoms with E-state index in [-0.39, 0.29) is 35.8 Å². The standard InChI is InChI=1S/C28H26N2O7/c1-4-37-28(34)19-7-5-17(6-8-19)16-30-24(18-11-13-29-14-12-18)23(26(32)27(30)33)25(31)21-10-9-20(35-2)15-22(21)36-3/h5-15,24,31H,4,16H2,1-3H3/b25-23-. The fourth-order valence-electron chi connectivity index (χ4n) is 4.23. The van der Waals surface area contributed by atoms with Crippen LogP contribution in [-0.4, -0.2) is 53.5 Å². The van der Waals surface area contributed by atoms with Crippen LogP contribution in [0.4, 0.5) is 0 Å². The molecule has 9 heteroatoms. The molecule has 0 radical (unpaired) electrons. The van der Waals surface area contributed by atoms with E-state index in [9.17, 15) is 19.5 Å². The molecule has 1 unspecified atom stereocenters. The van der Waals surface area contributed by atoms with Crippen LogP contribution < -0.4 is 9.47 Å². The van der Waals surface area contributed by atoms with Gasteiger partial charge in [0.25, 0.3) is 11.7 Å². The average Bonchev–Trinajstić information content (AvgIpc) is 3.18. The van der Waals surface area contributed by atoms with Crippen molar-refractivity contribution < 1.29 is 33.7 Å². The molecule has 1 amide bonds.